The van der Waals surface area contributed by atoms with Crippen molar-refractivity contribution in [3.8, 4) is 0 Å². The third kappa shape index (κ3) is 5.41. The Morgan fingerprint density at radius 3 is 2.40 bits per heavy atom. The molecule has 1 saturated heterocycles. The Hall–Kier alpha value is -2.17. The third-order valence-corrected chi connectivity index (χ3v) is 4.85. The first-order valence-corrected chi connectivity index (χ1v) is 9.01. The summed E-state index contributed by atoms with van der Waals surface area (Å²) < 4.78 is 0. The molecule has 25 heavy (non-hydrogen) atoms. The van der Waals surface area contributed by atoms with Crippen LogP contribution in [0.1, 0.15) is 50.4 Å². The molecule has 0 spiro atoms. The van der Waals surface area contributed by atoms with Gasteiger partial charge in [0.05, 0.1) is 6.04 Å². The molecule has 1 aromatic rings. The molecule has 2 atom stereocenters. The van der Waals surface area contributed by atoms with E-state index in [4.69, 9.17) is 0 Å². The fourth-order valence-corrected chi connectivity index (χ4v) is 3.45. The number of amides is 2. The molecule has 5 nitrogen and oxygen atoms in total. The normalized spacial score (nSPS) is 19.9. The second-order valence-corrected chi connectivity index (χ2v) is 7.16. The molecule has 1 fully saturated rings. The molecule has 1 heterocycles. The van der Waals surface area contributed by atoms with Crippen LogP contribution in [-0.2, 0) is 9.59 Å². The van der Waals surface area contributed by atoms with E-state index in [-0.39, 0.29) is 29.6 Å². The van der Waals surface area contributed by atoms with Gasteiger partial charge in [0, 0.05) is 44.3 Å². The van der Waals surface area contributed by atoms with Crippen LogP contribution < -0.4 is 5.32 Å². The van der Waals surface area contributed by atoms with Gasteiger partial charge in [0.2, 0.25) is 11.8 Å². The van der Waals surface area contributed by atoms with Gasteiger partial charge in [-0.15, -0.1) is 0 Å². The maximum Gasteiger partial charge on any atom is 0.222 e. The Morgan fingerprint density at radius 1 is 1.12 bits per heavy atom. The topological polar surface area (TPSA) is 66.5 Å². The minimum absolute atomic E-state index is 0.0207. The monoisotopic (exact) mass is 344 g/mol. The average molecular weight is 344 g/mol. The molecule has 1 aliphatic rings. The molecule has 2 amide bonds. The molecule has 1 aliphatic heterocycles. The van der Waals surface area contributed by atoms with Crippen LogP contribution in [0.15, 0.2) is 30.3 Å². The zero-order valence-corrected chi connectivity index (χ0v) is 15.3. The molecule has 1 aromatic carbocycles. The van der Waals surface area contributed by atoms with Gasteiger partial charge in [-0.2, -0.15) is 0 Å². The molecule has 0 bridgehead atoms. The van der Waals surface area contributed by atoms with Gasteiger partial charge in [-0.1, -0.05) is 44.2 Å². The second-order valence-electron chi connectivity index (χ2n) is 7.16. The first kappa shape index (κ1) is 19.2. The minimum Gasteiger partial charge on any atom is -0.351 e. The fraction of sp³-hybridized carbons (Fsp3) is 0.550. The highest BCUT2D eigenvalue weighted by atomic mass is 16.2. The number of carbonyl (C=O) groups excluding carboxylic acids is 3. The molecule has 0 unspecified atom stereocenters. The van der Waals surface area contributed by atoms with Gasteiger partial charge in [0.25, 0.3) is 0 Å². The number of carbonyl (C=O) groups is 3. The number of benzene rings is 1. The number of rotatable bonds is 7. The van der Waals surface area contributed by atoms with Crippen LogP contribution in [0.4, 0.5) is 0 Å². The van der Waals surface area contributed by atoms with E-state index < -0.39 is 0 Å². The lowest BCUT2D eigenvalue weighted by Gasteiger charge is -2.21. The summed E-state index contributed by atoms with van der Waals surface area (Å²) >= 11 is 0. The summed E-state index contributed by atoms with van der Waals surface area (Å²) in [5, 5.41) is 2.97. The predicted octanol–water partition coefficient (Wildman–Crippen LogP) is 2.66. The SMILES string of the molecule is CC(=O)N[C@@H]1CN(C(=O)CCCC(=O)c2ccccc2)C[C@H]1C(C)C. The number of ketones is 1. The van der Waals surface area contributed by atoms with E-state index in [0.717, 1.165) is 0 Å². The molecule has 136 valence electrons. The maximum atomic E-state index is 12.5. The van der Waals surface area contributed by atoms with E-state index in [9.17, 15) is 14.4 Å². The number of nitrogens with one attached hydrogen (secondary N) is 1. The summed E-state index contributed by atoms with van der Waals surface area (Å²) in [5.74, 6) is 0.761. The minimum atomic E-state index is -0.0570. The van der Waals surface area contributed by atoms with Gasteiger partial charge in [-0.05, 0) is 12.3 Å². The number of hydrogen-bond donors (Lipinski definition) is 1. The molecular formula is C20H28N2O3. The number of likely N-dealkylation sites (tertiary alicyclic amines) is 1. The number of nitrogens with zero attached hydrogens (tertiary/aromatic N) is 1. The molecule has 0 saturated carbocycles. The van der Waals surface area contributed by atoms with Gasteiger partial charge in [0.15, 0.2) is 5.78 Å². The van der Waals surface area contributed by atoms with Crippen molar-refractivity contribution in [1.29, 1.82) is 0 Å². The molecule has 0 aliphatic carbocycles. The number of Topliss-reactive ketones (excluding diaryl/α,β-unsaturated/α-hetero) is 1. The summed E-state index contributed by atoms with van der Waals surface area (Å²) in [6, 6.07) is 9.19. The second kappa shape index (κ2) is 8.79. The van der Waals surface area contributed by atoms with Gasteiger partial charge in [-0.3, -0.25) is 14.4 Å². The molecule has 0 aromatic heterocycles. The first-order valence-electron chi connectivity index (χ1n) is 9.01. The Balaban J connectivity index is 1.82. The van der Waals surface area contributed by atoms with Crippen LogP contribution in [0, 0.1) is 11.8 Å². The van der Waals surface area contributed by atoms with E-state index in [0.29, 0.717) is 43.8 Å². The predicted molar refractivity (Wildman–Crippen MR) is 97.1 cm³/mol. The van der Waals surface area contributed by atoms with E-state index in [1.165, 1.54) is 6.92 Å². The molecule has 1 N–H and O–H groups in total. The van der Waals surface area contributed by atoms with Crippen LogP contribution in [0.2, 0.25) is 0 Å². The van der Waals surface area contributed by atoms with Crippen LogP contribution in [0.5, 0.6) is 0 Å². The van der Waals surface area contributed by atoms with E-state index in [1.807, 2.05) is 23.1 Å². The Kier molecular flexibility index (Phi) is 6.73. The van der Waals surface area contributed by atoms with Crippen molar-refractivity contribution in [1.82, 2.24) is 10.2 Å². The standard InChI is InChI=1S/C20H28N2O3/c1-14(2)17-12-22(13-18(17)21-15(3)23)20(25)11-7-10-19(24)16-8-5-4-6-9-16/h4-6,8-9,14,17-18H,7,10-13H2,1-3H3,(H,21,23)/t17-,18+/m0/s1. The van der Waals surface area contributed by atoms with Gasteiger partial charge >= 0.3 is 0 Å². The largest absolute Gasteiger partial charge is 0.351 e. The van der Waals surface area contributed by atoms with Crippen molar-refractivity contribution in [2.24, 2.45) is 11.8 Å². The summed E-state index contributed by atoms with van der Waals surface area (Å²) in [7, 11) is 0. The van der Waals surface area contributed by atoms with Crippen LogP contribution in [-0.4, -0.2) is 41.6 Å². The quantitative estimate of drug-likeness (QED) is 0.773. The fourth-order valence-electron chi connectivity index (χ4n) is 3.45. The molecule has 5 heteroatoms. The van der Waals surface area contributed by atoms with Crippen molar-refractivity contribution in [2.75, 3.05) is 13.1 Å². The smallest absolute Gasteiger partial charge is 0.222 e. The summed E-state index contributed by atoms with van der Waals surface area (Å²) in [6.07, 6.45) is 1.31. The summed E-state index contributed by atoms with van der Waals surface area (Å²) in [6.45, 7) is 6.98. The number of hydrogen-bond acceptors (Lipinski definition) is 3. The molecule has 2 rings (SSSR count). The first-order chi connectivity index (χ1) is 11.9. The highest BCUT2D eigenvalue weighted by Gasteiger charge is 2.36. The zero-order valence-electron chi connectivity index (χ0n) is 15.3. The maximum absolute atomic E-state index is 12.5. The lowest BCUT2D eigenvalue weighted by Crippen LogP contribution is -2.41. The van der Waals surface area contributed by atoms with Crippen molar-refractivity contribution in [2.45, 2.75) is 46.1 Å². The van der Waals surface area contributed by atoms with Gasteiger partial charge < -0.3 is 10.2 Å². The van der Waals surface area contributed by atoms with Crippen LogP contribution >= 0.6 is 0 Å². The van der Waals surface area contributed by atoms with Crippen molar-refractivity contribution >= 4 is 17.6 Å². The molecule has 0 radical (unpaired) electrons. The highest BCUT2D eigenvalue weighted by molar-refractivity contribution is 5.96. The Morgan fingerprint density at radius 2 is 1.80 bits per heavy atom. The summed E-state index contributed by atoms with van der Waals surface area (Å²) in [5.41, 5.74) is 0.696. The van der Waals surface area contributed by atoms with E-state index >= 15 is 0 Å². The van der Waals surface area contributed by atoms with E-state index in [2.05, 4.69) is 19.2 Å². The lowest BCUT2D eigenvalue weighted by molar-refractivity contribution is -0.130. The van der Waals surface area contributed by atoms with Crippen molar-refractivity contribution in [3.63, 3.8) is 0 Å². The average Bonchev–Trinajstić information content (AvgIpc) is 2.99. The van der Waals surface area contributed by atoms with Crippen molar-refractivity contribution < 1.29 is 14.4 Å². The van der Waals surface area contributed by atoms with Crippen LogP contribution in [0.25, 0.3) is 0 Å². The lowest BCUT2D eigenvalue weighted by atomic mass is 9.91. The van der Waals surface area contributed by atoms with Crippen LogP contribution in [0.3, 0.4) is 0 Å². The highest BCUT2D eigenvalue weighted by Crippen LogP contribution is 2.25. The third-order valence-electron chi connectivity index (χ3n) is 4.85. The van der Waals surface area contributed by atoms with Gasteiger partial charge in [0.1, 0.15) is 0 Å². The zero-order chi connectivity index (χ0) is 18.4. The summed E-state index contributed by atoms with van der Waals surface area (Å²) in [4.78, 5) is 37.8. The van der Waals surface area contributed by atoms with Crippen molar-refractivity contribution in [3.05, 3.63) is 35.9 Å². The Bertz CT molecular complexity index is 613. The molecular weight excluding hydrogens is 316 g/mol. The van der Waals surface area contributed by atoms with E-state index in [1.54, 1.807) is 12.1 Å². The Labute approximate surface area is 149 Å². The van der Waals surface area contributed by atoms with Gasteiger partial charge in [-0.25, -0.2) is 0 Å².